The molecule has 160 valence electrons. The second kappa shape index (κ2) is 10.9. The molecule has 0 heterocycles. The monoisotopic (exact) mass is 483 g/mol. The van der Waals surface area contributed by atoms with Gasteiger partial charge < -0.3 is 9.47 Å². The van der Waals surface area contributed by atoms with Crippen LogP contribution in [0, 0.1) is 11.3 Å². The minimum Gasteiger partial charge on any atom is -0.493 e. The Balaban J connectivity index is 1.79. The normalized spacial score (nSPS) is 11.3. The summed E-state index contributed by atoms with van der Waals surface area (Å²) < 4.78 is 10.7. The molecule has 0 N–H and O–H groups in total. The first-order valence-electron chi connectivity index (χ1n) is 9.30. The van der Waals surface area contributed by atoms with Crippen LogP contribution in [0.4, 0.5) is 0 Å². The van der Waals surface area contributed by atoms with E-state index in [1.54, 1.807) is 66.7 Å². The van der Waals surface area contributed by atoms with Gasteiger partial charge in [-0.3, -0.25) is 0 Å². The van der Waals surface area contributed by atoms with Gasteiger partial charge in [-0.2, -0.15) is 5.26 Å². The first-order valence-corrected chi connectivity index (χ1v) is 10.4. The molecule has 0 atom stereocenters. The lowest BCUT2D eigenvalue weighted by molar-refractivity contribution is -0.129. The fourth-order valence-electron chi connectivity index (χ4n) is 2.77. The maximum absolute atomic E-state index is 12.3. The molecule has 0 aliphatic carbocycles. The van der Waals surface area contributed by atoms with Crippen LogP contribution in [0.25, 0.3) is 17.7 Å². The van der Waals surface area contributed by atoms with E-state index in [0.717, 1.165) is 5.56 Å². The highest BCUT2D eigenvalue weighted by Gasteiger charge is 2.10. The van der Waals surface area contributed by atoms with Crippen molar-refractivity contribution in [3.05, 3.63) is 98.5 Å². The van der Waals surface area contributed by atoms with Crippen molar-refractivity contribution < 1.29 is 14.3 Å². The van der Waals surface area contributed by atoms with E-state index >= 15 is 0 Å². The third-order valence-corrected chi connectivity index (χ3v) is 5.16. The molecule has 0 aliphatic rings. The summed E-state index contributed by atoms with van der Waals surface area (Å²) in [5.41, 5.74) is 2.52. The summed E-state index contributed by atoms with van der Waals surface area (Å²) in [5.74, 6) is -0.0126. The summed E-state index contributed by atoms with van der Waals surface area (Å²) in [5, 5.41) is 11.0. The highest BCUT2D eigenvalue weighted by atomic mass is 35.5. The van der Waals surface area contributed by atoms with Crippen molar-refractivity contribution >= 4 is 58.5 Å². The van der Waals surface area contributed by atoms with Gasteiger partial charge >= 0.3 is 5.97 Å². The SMILES string of the molecule is COc1cc(/C=C(\C#N)c2ccc(Cl)cc2)ccc1OC(=O)/C=C/c1ccc(Cl)cc1Cl. The predicted octanol–water partition coefficient (Wildman–Crippen LogP) is 7.34. The quantitative estimate of drug-likeness (QED) is 0.121. The summed E-state index contributed by atoms with van der Waals surface area (Å²) in [6.45, 7) is 0. The number of esters is 1. The summed E-state index contributed by atoms with van der Waals surface area (Å²) in [7, 11) is 1.47. The van der Waals surface area contributed by atoms with Crippen LogP contribution in [0.5, 0.6) is 11.5 Å². The fourth-order valence-corrected chi connectivity index (χ4v) is 3.37. The Morgan fingerprint density at radius 3 is 2.31 bits per heavy atom. The van der Waals surface area contributed by atoms with Crippen LogP contribution in [0.1, 0.15) is 16.7 Å². The van der Waals surface area contributed by atoms with Crippen molar-refractivity contribution in [1.82, 2.24) is 0 Å². The van der Waals surface area contributed by atoms with Gasteiger partial charge in [0.05, 0.1) is 18.8 Å². The van der Waals surface area contributed by atoms with Gasteiger partial charge in [0.25, 0.3) is 0 Å². The molecule has 0 aromatic heterocycles. The van der Waals surface area contributed by atoms with E-state index in [-0.39, 0.29) is 5.75 Å². The van der Waals surface area contributed by atoms with Gasteiger partial charge in [0.2, 0.25) is 0 Å². The average molecular weight is 485 g/mol. The lowest BCUT2D eigenvalue weighted by Crippen LogP contribution is -2.05. The minimum atomic E-state index is -0.600. The molecule has 0 saturated heterocycles. The molecule has 0 bridgehead atoms. The first-order chi connectivity index (χ1) is 15.4. The van der Waals surface area contributed by atoms with Gasteiger partial charge in [-0.05, 0) is 65.2 Å². The van der Waals surface area contributed by atoms with E-state index in [1.165, 1.54) is 19.3 Å². The number of methoxy groups -OCH3 is 1. The Morgan fingerprint density at radius 1 is 0.938 bits per heavy atom. The summed E-state index contributed by atoms with van der Waals surface area (Å²) in [6, 6.07) is 19.1. The lowest BCUT2D eigenvalue weighted by atomic mass is 10.0. The van der Waals surface area contributed by atoms with E-state index in [4.69, 9.17) is 44.3 Å². The van der Waals surface area contributed by atoms with Crippen LogP contribution in [-0.2, 0) is 4.79 Å². The number of hydrogen-bond acceptors (Lipinski definition) is 4. The standard InChI is InChI=1S/C25H16Cl3NO3/c1-31-24-13-16(12-19(15-29)17-3-7-20(26)8-4-17)2-10-23(24)32-25(30)11-6-18-5-9-21(27)14-22(18)28/h2-14H,1H3/b11-6+,19-12+. The minimum absolute atomic E-state index is 0.242. The van der Waals surface area contributed by atoms with Crippen LogP contribution in [0.15, 0.2) is 66.7 Å². The van der Waals surface area contributed by atoms with Crippen LogP contribution in [0.3, 0.4) is 0 Å². The fraction of sp³-hybridized carbons (Fsp3) is 0.0400. The number of ether oxygens (including phenoxy) is 2. The number of carbonyl (C=O) groups excluding carboxylic acids is 1. The lowest BCUT2D eigenvalue weighted by Gasteiger charge is -2.09. The highest BCUT2D eigenvalue weighted by Crippen LogP contribution is 2.30. The van der Waals surface area contributed by atoms with Crippen molar-refractivity contribution in [2.45, 2.75) is 0 Å². The Labute approximate surface area is 200 Å². The van der Waals surface area contributed by atoms with Gasteiger partial charge in [0.15, 0.2) is 11.5 Å². The van der Waals surface area contributed by atoms with Crippen LogP contribution < -0.4 is 9.47 Å². The van der Waals surface area contributed by atoms with Crippen molar-refractivity contribution in [2.24, 2.45) is 0 Å². The third kappa shape index (κ3) is 6.15. The van der Waals surface area contributed by atoms with Crippen molar-refractivity contribution in [3.8, 4) is 17.6 Å². The van der Waals surface area contributed by atoms with Gasteiger partial charge in [-0.1, -0.05) is 59.1 Å². The summed E-state index contributed by atoms with van der Waals surface area (Å²) >= 11 is 17.9. The maximum Gasteiger partial charge on any atom is 0.336 e. The van der Waals surface area contributed by atoms with E-state index in [1.807, 2.05) is 0 Å². The van der Waals surface area contributed by atoms with Crippen molar-refractivity contribution in [2.75, 3.05) is 7.11 Å². The number of carbonyl (C=O) groups is 1. The van der Waals surface area contributed by atoms with E-state index in [9.17, 15) is 10.1 Å². The largest absolute Gasteiger partial charge is 0.493 e. The molecule has 3 aromatic rings. The molecule has 3 rings (SSSR count). The van der Waals surface area contributed by atoms with Crippen LogP contribution in [0.2, 0.25) is 15.1 Å². The molecule has 0 unspecified atom stereocenters. The Kier molecular flexibility index (Phi) is 7.97. The zero-order valence-electron chi connectivity index (χ0n) is 16.8. The molecule has 32 heavy (non-hydrogen) atoms. The Bertz CT molecular complexity index is 1240. The number of hydrogen-bond donors (Lipinski definition) is 0. The Hall–Kier alpha value is -3.23. The van der Waals surface area contributed by atoms with Crippen LogP contribution in [-0.4, -0.2) is 13.1 Å². The van der Waals surface area contributed by atoms with Crippen LogP contribution >= 0.6 is 34.8 Å². The van der Waals surface area contributed by atoms with Gasteiger partial charge in [-0.25, -0.2) is 4.79 Å². The molecule has 4 nitrogen and oxygen atoms in total. The second-order valence-corrected chi connectivity index (χ2v) is 7.79. The molecule has 7 heteroatoms. The molecule has 0 spiro atoms. The summed E-state index contributed by atoms with van der Waals surface area (Å²) in [4.78, 5) is 12.3. The molecule has 0 radical (unpaired) electrons. The maximum atomic E-state index is 12.3. The first kappa shape index (κ1) is 23.4. The van der Waals surface area contributed by atoms with Gasteiger partial charge in [0, 0.05) is 21.1 Å². The summed E-state index contributed by atoms with van der Waals surface area (Å²) in [6.07, 6.45) is 4.51. The zero-order valence-corrected chi connectivity index (χ0v) is 19.1. The second-order valence-electron chi connectivity index (χ2n) is 6.51. The molecule has 0 aliphatic heterocycles. The number of halogens is 3. The van der Waals surface area contributed by atoms with E-state index < -0.39 is 5.97 Å². The van der Waals surface area contributed by atoms with E-state index in [0.29, 0.717) is 37.5 Å². The Morgan fingerprint density at radius 2 is 1.66 bits per heavy atom. The van der Waals surface area contributed by atoms with Gasteiger partial charge in [-0.15, -0.1) is 0 Å². The number of rotatable bonds is 6. The van der Waals surface area contributed by atoms with Crippen molar-refractivity contribution in [3.63, 3.8) is 0 Å². The van der Waals surface area contributed by atoms with E-state index in [2.05, 4.69) is 6.07 Å². The zero-order chi connectivity index (χ0) is 23.1. The smallest absolute Gasteiger partial charge is 0.336 e. The molecule has 3 aromatic carbocycles. The van der Waals surface area contributed by atoms with Crippen molar-refractivity contribution in [1.29, 1.82) is 5.26 Å². The molecule has 0 fully saturated rings. The molecule has 0 amide bonds. The number of nitrogens with zero attached hydrogens (tertiary/aromatic N) is 1. The molecular formula is C25H16Cl3NO3. The highest BCUT2D eigenvalue weighted by molar-refractivity contribution is 6.35. The number of benzene rings is 3. The molecule has 0 saturated carbocycles. The topological polar surface area (TPSA) is 59.3 Å². The number of allylic oxidation sites excluding steroid dienone is 1. The third-order valence-electron chi connectivity index (χ3n) is 4.35. The van der Waals surface area contributed by atoms with Gasteiger partial charge in [0.1, 0.15) is 0 Å². The predicted molar refractivity (Wildman–Crippen MR) is 129 cm³/mol. The number of nitriles is 1. The molecular weight excluding hydrogens is 469 g/mol. The average Bonchev–Trinajstić information content (AvgIpc) is 2.78.